The van der Waals surface area contributed by atoms with E-state index in [1.165, 1.54) is 6.92 Å². The highest BCUT2D eigenvalue weighted by molar-refractivity contribution is 5.83. The molecule has 0 aliphatic carbocycles. The van der Waals surface area contributed by atoms with Gasteiger partial charge in [0.25, 0.3) is 5.91 Å². The minimum Gasteiger partial charge on any atom is -0.465 e. The highest BCUT2D eigenvalue weighted by Gasteiger charge is 2.06. The van der Waals surface area contributed by atoms with E-state index in [9.17, 15) is 14.4 Å². The third-order valence-electron chi connectivity index (χ3n) is 1.14. The van der Waals surface area contributed by atoms with Crippen LogP contribution in [0.3, 0.4) is 0 Å². The predicted octanol–water partition coefficient (Wildman–Crippen LogP) is -0.771. The van der Waals surface area contributed by atoms with Gasteiger partial charge in [0.1, 0.15) is 6.54 Å². The Morgan fingerprint density at radius 3 is 2.36 bits per heavy atom. The molecule has 0 aliphatic rings. The first-order valence-electron chi connectivity index (χ1n) is 4.12. The summed E-state index contributed by atoms with van der Waals surface area (Å²) in [5, 5.41) is 2.23. The summed E-state index contributed by atoms with van der Waals surface area (Å²) in [6.45, 7) is 2.53. The van der Waals surface area contributed by atoms with Gasteiger partial charge in [-0.3, -0.25) is 14.4 Å². The van der Waals surface area contributed by atoms with Crippen molar-refractivity contribution in [3.63, 3.8) is 0 Å². The second-order valence-corrected chi connectivity index (χ2v) is 2.36. The molecule has 0 rings (SSSR count). The molecule has 1 N–H and O–H groups in total. The van der Waals surface area contributed by atoms with Crippen molar-refractivity contribution in [3.8, 4) is 0 Å². The average Bonchev–Trinajstić information content (AvgIpc) is 2.12. The fraction of sp³-hybridized carbons (Fsp3) is 0.625. The van der Waals surface area contributed by atoms with Crippen molar-refractivity contribution < 1.29 is 23.9 Å². The number of rotatable bonds is 5. The van der Waals surface area contributed by atoms with Gasteiger partial charge in [-0.25, -0.2) is 0 Å². The van der Waals surface area contributed by atoms with Crippen LogP contribution in [-0.4, -0.2) is 37.6 Å². The zero-order chi connectivity index (χ0) is 11.0. The van der Waals surface area contributed by atoms with Crippen LogP contribution >= 0.6 is 0 Å². The van der Waals surface area contributed by atoms with E-state index >= 15 is 0 Å². The summed E-state index contributed by atoms with van der Waals surface area (Å²) in [6.07, 6.45) is 0. The molecular formula is C8H13NO5. The van der Waals surface area contributed by atoms with Gasteiger partial charge in [-0.1, -0.05) is 0 Å². The van der Waals surface area contributed by atoms with E-state index in [-0.39, 0.29) is 19.8 Å². The summed E-state index contributed by atoms with van der Waals surface area (Å²) in [7, 11) is 0. The zero-order valence-electron chi connectivity index (χ0n) is 8.16. The van der Waals surface area contributed by atoms with Gasteiger partial charge >= 0.3 is 11.9 Å². The molecule has 14 heavy (non-hydrogen) atoms. The number of nitrogens with one attached hydrogen (secondary N) is 1. The summed E-state index contributed by atoms with van der Waals surface area (Å²) in [5.74, 6) is -1.60. The molecule has 0 heterocycles. The first kappa shape index (κ1) is 12.4. The van der Waals surface area contributed by atoms with Crippen molar-refractivity contribution >= 4 is 17.8 Å². The van der Waals surface area contributed by atoms with Crippen LogP contribution in [-0.2, 0) is 23.9 Å². The van der Waals surface area contributed by atoms with Crippen molar-refractivity contribution in [2.45, 2.75) is 13.8 Å². The van der Waals surface area contributed by atoms with Gasteiger partial charge in [0.15, 0.2) is 6.61 Å². The lowest BCUT2D eigenvalue weighted by Gasteiger charge is -2.04. The molecule has 0 bridgehead atoms. The lowest BCUT2D eigenvalue weighted by atomic mass is 10.5. The zero-order valence-corrected chi connectivity index (χ0v) is 8.16. The Morgan fingerprint density at radius 2 is 1.86 bits per heavy atom. The summed E-state index contributed by atoms with van der Waals surface area (Å²) >= 11 is 0. The average molecular weight is 203 g/mol. The van der Waals surface area contributed by atoms with Crippen molar-refractivity contribution in [2.24, 2.45) is 0 Å². The largest absolute Gasteiger partial charge is 0.465 e. The molecule has 6 heteroatoms. The van der Waals surface area contributed by atoms with Crippen molar-refractivity contribution in [1.29, 1.82) is 0 Å². The molecule has 0 aliphatic heterocycles. The van der Waals surface area contributed by atoms with Crippen LogP contribution < -0.4 is 5.32 Å². The highest BCUT2D eigenvalue weighted by Crippen LogP contribution is 1.78. The van der Waals surface area contributed by atoms with Crippen LogP contribution in [0.4, 0.5) is 0 Å². The van der Waals surface area contributed by atoms with Crippen molar-refractivity contribution in [3.05, 3.63) is 0 Å². The number of esters is 2. The van der Waals surface area contributed by atoms with E-state index < -0.39 is 17.8 Å². The predicted molar refractivity (Wildman–Crippen MR) is 46.3 cm³/mol. The maximum atomic E-state index is 10.9. The van der Waals surface area contributed by atoms with Gasteiger partial charge in [-0.15, -0.1) is 0 Å². The molecule has 0 fully saturated rings. The van der Waals surface area contributed by atoms with Crippen molar-refractivity contribution in [2.75, 3.05) is 19.8 Å². The molecule has 0 spiro atoms. The lowest BCUT2D eigenvalue weighted by Crippen LogP contribution is -2.33. The SMILES string of the molecule is CCOC(=O)CNC(=O)COC(C)=O. The lowest BCUT2D eigenvalue weighted by molar-refractivity contribution is -0.147. The van der Waals surface area contributed by atoms with Gasteiger partial charge in [-0.05, 0) is 6.92 Å². The number of carbonyl (C=O) groups excluding carboxylic acids is 3. The van der Waals surface area contributed by atoms with E-state index in [1.54, 1.807) is 6.92 Å². The Morgan fingerprint density at radius 1 is 1.21 bits per heavy atom. The second kappa shape index (κ2) is 6.88. The van der Waals surface area contributed by atoms with Gasteiger partial charge in [-0.2, -0.15) is 0 Å². The fourth-order valence-electron chi connectivity index (χ4n) is 0.601. The third-order valence-corrected chi connectivity index (χ3v) is 1.14. The molecule has 80 valence electrons. The molecule has 0 saturated heterocycles. The fourth-order valence-corrected chi connectivity index (χ4v) is 0.601. The van der Waals surface area contributed by atoms with E-state index in [2.05, 4.69) is 14.8 Å². The van der Waals surface area contributed by atoms with Crippen molar-refractivity contribution in [1.82, 2.24) is 5.32 Å². The highest BCUT2D eigenvalue weighted by atomic mass is 16.5. The van der Waals surface area contributed by atoms with Crippen LogP contribution in [0.15, 0.2) is 0 Å². The monoisotopic (exact) mass is 203 g/mol. The van der Waals surface area contributed by atoms with Crippen LogP contribution in [0.5, 0.6) is 0 Å². The second-order valence-electron chi connectivity index (χ2n) is 2.36. The number of hydrogen-bond acceptors (Lipinski definition) is 5. The van der Waals surface area contributed by atoms with Gasteiger partial charge < -0.3 is 14.8 Å². The summed E-state index contributed by atoms with van der Waals surface area (Å²) in [4.78, 5) is 31.9. The molecule has 1 amide bonds. The number of hydrogen-bond donors (Lipinski definition) is 1. The molecule has 0 aromatic carbocycles. The Balaban J connectivity index is 3.53. The van der Waals surface area contributed by atoms with Gasteiger partial charge in [0.2, 0.25) is 0 Å². The summed E-state index contributed by atoms with van der Waals surface area (Å²) in [5.41, 5.74) is 0. The normalized spacial score (nSPS) is 9.00. The molecular weight excluding hydrogens is 190 g/mol. The molecule has 0 aromatic rings. The summed E-state index contributed by atoms with van der Waals surface area (Å²) < 4.78 is 8.95. The molecule has 6 nitrogen and oxygen atoms in total. The molecule has 0 unspecified atom stereocenters. The van der Waals surface area contributed by atoms with E-state index in [0.717, 1.165) is 0 Å². The molecule has 0 saturated carbocycles. The van der Waals surface area contributed by atoms with E-state index in [4.69, 9.17) is 0 Å². The van der Waals surface area contributed by atoms with Crippen LogP contribution in [0.25, 0.3) is 0 Å². The van der Waals surface area contributed by atoms with Crippen LogP contribution in [0.1, 0.15) is 13.8 Å². The number of ether oxygens (including phenoxy) is 2. The number of carbonyl (C=O) groups is 3. The van der Waals surface area contributed by atoms with Gasteiger partial charge in [0, 0.05) is 6.92 Å². The third kappa shape index (κ3) is 7.08. The minimum atomic E-state index is -0.545. The standard InChI is InChI=1S/C8H13NO5/c1-3-13-8(12)4-9-7(11)5-14-6(2)10/h3-5H2,1-2H3,(H,9,11). The Labute approximate surface area is 81.6 Å². The topological polar surface area (TPSA) is 81.7 Å². The quantitative estimate of drug-likeness (QED) is 0.593. The van der Waals surface area contributed by atoms with Gasteiger partial charge in [0.05, 0.1) is 6.61 Å². The molecule has 0 radical (unpaired) electrons. The van der Waals surface area contributed by atoms with E-state index in [1.807, 2.05) is 0 Å². The Bertz CT molecular complexity index is 226. The first-order valence-corrected chi connectivity index (χ1v) is 4.12. The summed E-state index contributed by atoms with van der Waals surface area (Å²) in [6, 6.07) is 0. The first-order chi connectivity index (χ1) is 6.56. The molecule has 0 atom stereocenters. The van der Waals surface area contributed by atoms with E-state index in [0.29, 0.717) is 0 Å². The van der Waals surface area contributed by atoms with Crippen LogP contribution in [0, 0.1) is 0 Å². The smallest absolute Gasteiger partial charge is 0.325 e. The Hall–Kier alpha value is -1.59. The molecule has 0 aromatic heterocycles. The maximum Gasteiger partial charge on any atom is 0.325 e. The maximum absolute atomic E-state index is 10.9. The minimum absolute atomic E-state index is 0.214. The Kier molecular flexibility index (Phi) is 6.09. The van der Waals surface area contributed by atoms with Crippen LogP contribution in [0.2, 0.25) is 0 Å². The number of amides is 1.